The number of ketones is 1. The van der Waals surface area contributed by atoms with Crippen molar-refractivity contribution in [3.05, 3.63) is 34.4 Å². The van der Waals surface area contributed by atoms with Crippen LogP contribution in [-0.2, 0) is 0 Å². The quantitative estimate of drug-likeness (QED) is 0.749. The zero-order valence-electron chi connectivity index (χ0n) is 13.4. The summed E-state index contributed by atoms with van der Waals surface area (Å²) in [5, 5.41) is 0. The van der Waals surface area contributed by atoms with E-state index in [2.05, 4.69) is 44.7 Å². The van der Waals surface area contributed by atoms with Crippen molar-refractivity contribution >= 4 is 5.78 Å². The van der Waals surface area contributed by atoms with Gasteiger partial charge in [-0.15, -0.1) is 0 Å². The molecule has 0 radical (unpaired) electrons. The largest absolute Gasteiger partial charge is 0.294 e. The summed E-state index contributed by atoms with van der Waals surface area (Å²) in [7, 11) is 2.03. The van der Waals surface area contributed by atoms with Crippen LogP contribution in [0.5, 0.6) is 0 Å². The van der Waals surface area contributed by atoms with Gasteiger partial charge in [0, 0.05) is 11.1 Å². The zero-order valence-corrected chi connectivity index (χ0v) is 13.4. The Labute approximate surface area is 117 Å². The summed E-state index contributed by atoms with van der Waals surface area (Å²) in [6.45, 7) is 13.1. The van der Waals surface area contributed by atoms with Gasteiger partial charge in [0.15, 0.2) is 5.78 Å². The maximum atomic E-state index is 12.5. The van der Waals surface area contributed by atoms with E-state index in [1.54, 1.807) is 0 Å². The second-order valence-electron chi connectivity index (χ2n) is 6.22. The molecule has 2 nitrogen and oxygen atoms in total. The number of hydrogen-bond donors (Lipinski definition) is 0. The Morgan fingerprint density at radius 3 is 2.05 bits per heavy atom. The van der Waals surface area contributed by atoms with Crippen molar-refractivity contribution in [1.29, 1.82) is 0 Å². The molecule has 1 aromatic carbocycles. The van der Waals surface area contributed by atoms with Crippen LogP contribution in [0.3, 0.4) is 0 Å². The minimum Gasteiger partial charge on any atom is -0.294 e. The van der Waals surface area contributed by atoms with Gasteiger partial charge in [0.25, 0.3) is 0 Å². The number of aryl methyl sites for hydroxylation is 3. The van der Waals surface area contributed by atoms with E-state index < -0.39 is 0 Å². The Morgan fingerprint density at radius 1 is 1.16 bits per heavy atom. The summed E-state index contributed by atoms with van der Waals surface area (Å²) < 4.78 is 0. The molecule has 0 heterocycles. The fraction of sp³-hybridized carbons (Fsp3) is 0.588. The van der Waals surface area contributed by atoms with Gasteiger partial charge < -0.3 is 0 Å². The molecule has 106 valence electrons. The summed E-state index contributed by atoms with van der Waals surface area (Å²) in [5.41, 5.74) is 4.34. The summed E-state index contributed by atoms with van der Waals surface area (Å²) in [6.07, 6.45) is 1.03. The number of benzene rings is 1. The number of carbonyl (C=O) groups is 1. The summed E-state index contributed by atoms with van der Waals surface area (Å²) in [5.74, 6) is 0.221. The van der Waals surface area contributed by atoms with Gasteiger partial charge in [-0.25, -0.2) is 0 Å². The first-order valence-corrected chi connectivity index (χ1v) is 7.01. The van der Waals surface area contributed by atoms with Gasteiger partial charge in [-0.3, -0.25) is 9.69 Å². The molecule has 0 saturated carbocycles. The molecule has 0 unspecified atom stereocenters. The van der Waals surface area contributed by atoms with Gasteiger partial charge in [-0.1, -0.05) is 24.6 Å². The molecular formula is C17H27NO. The van der Waals surface area contributed by atoms with Crippen molar-refractivity contribution in [2.24, 2.45) is 0 Å². The molecule has 1 aromatic rings. The Balaban J connectivity index is 2.97. The van der Waals surface area contributed by atoms with Gasteiger partial charge in [-0.2, -0.15) is 0 Å². The number of carbonyl (C=O) groups excluding carboxylic acids is 1. The molecule has 0 aliphatic rings. The number of Topliss-reactive ketones (excluding diaryl/α,β-unsaturated/α-hetero) is 1. The van der Waals surface area contributed by atoms with E-state index in [4.69, 9.17) is 0 Å². The second-order valence-corrected chi connectivity index (χ2v) is 6.22. The molecule has 0 N–H and O–H groups in total. The summed E-state index contributed by atoms with van der Waals surface area (Å²) in [4.78, 5) is 14.7. The second kappa shape index (κ2) is 5.87. The van der Waals surface area contributed by atoms with E-state index in [0.717, 1.165) is 23.1 Å². The Bertz CT molecular complexity index is 451. The highest BCUT2D eigenvalue weighted by Gasteiger charge is 2.24. The molecule has 0 amide bonds. The number of hydrogen-bond acceptors (Lipinski definition) is 2. The first-order chi connectivity index (χ1) is 8.69. The standard InChI is InChI=1S/C17H27NO/c1-8-17(5,6)18(7)11-15(19)16-13(3)9-12(2)10-14(16)4/h9-10H,8,11H2,1-7H3. The number of nitrogens with zero attached hydrogens (tertiary/aromatic N) is 1. The molecule has 2 heteroatoms. The van der Waals surface area contributed by atoms with E-state index in [1.165, 1.54) is 5.56 Å². The monoisotopic (exact) mass is 261 g/mol. The normalized spacial score (nSPS) is 12.0. The van der Waals surface area contributed by atoms with E-state index >= 15 is 0 Å². The van der Waals surface area contributed by atoms with Gasteiger partial charge in [0.05, 0.1) is 6.54 Å². The number of rotatable bonds is 5. The van der Waals surface area contributed by atoms with Crippen LogP contribution in [0, 0.1) is 20.8 Å². The van der Waals surface area contributed by atoms with E-state index in [1.807, 2.05) is 20.9 Å². The lowest BCUT2D eigenvalue weighted by Gasteiger charge is -2.34. The van der Waals surface area contributed by atoms with Gasteiger partial charge in [0.2, 0.25) is 0 Å². The topological polar surface area (TPSA) is 20.3 Å². The van der Waals surface area contributed by atoms with E-state index in [-0.39, 0.29) is 11.3 Å². The molecule has 1 rings (SSSR count). The molecular weight excluding hydrogens is 234 g/mol. The van der Waals surface area contributed by atoms with Gasteiger partial charge in [0.1, 0.15) is 0 Å². The molecule has 0 aliphatic heterocycles. The van der Waals surface area contributed by atoms with Crippen LogP contribution >= 0.6 is 0 Å². The minimum absolute atomic E-state index is 0.0577. The first-order valence-electron chi connectivity index (χ1n) is 7.01. The molecule has 0 atom stereocenters. The van der Waals surface area contributed by atoms with E-state index in [0.29, 0.717) is 6.54 Å². The van der Waals surface area contributed by atoms with Crippen molar-refractivity contribution in [2.45, 2.75) is 53.5 Å². The van der Waals surface area contributed by atoms with Crippen LogP contribution in [0.1, 0.15) is 54.2 Å². The van der Waals surface area contributed by atoms with Crippen LogP contribution in [0.25, 0.3) is 0 Å². The molecule has 0 spiro atoms. The van der Waals surface area contributed by atoms with Crippen LogP contribution in [0.4, 0.5) is 0 Å². The van der Waals surface area contributed by atoms with Crippen LogP contribution in [0.15, 0.2) is 12.1 Å². The van der Waals surface area contributed by atoms with Gasteiger partial charge in [-0.05, 0) is 59.2 Å². The Morgan fingerprint density at radius 2 is 1.63 bits per heavy atom. The highest BCUT2D eigenvalue weighted by Crippen LogP contribution is 2.20. The molecule has 19 heavy (non-hydrogen) atoms. The Kier molecular flexibility index (Phi) is 4.92. The fourth-order valence-electron chi connectivity index (χ4n) is 2.40. The maximum absolute atomic E-state index is 12.5. The summed E-state index contributed by atoms with van der Waals surface area (Å²) >= 11 is 0. The van der Waals surface area contributed by atoms with Crippen LogP contribution in [0.2, 0.25) is 0 Å². The Hall–Kier alpha value is -1.15. The lowest BCUT2D eigenvalue weighted by Crippen LogP contribution is -2.43. The predicted octanol–water partition coefficient (Wildman–Crippen LogP) is 3.91. The maximum Gasteiger partial charge on any atom is 0.177 e. The first kappa shape index (κ1) is 15.9. The van der Waals surface area contributed by atoms with Gasteiger partial charge >= 0.3 is 0 Å². The van der Waals surface area contributed by atoms with Crippen LogP contribution in [-0.4, -0.2) is 29.8 Å². The molecule has 0 aliphatic carbocycles. The predicted molar refractivity (Wildman–Crippen MR) is 82.0 cm³/mol. The molecule has 0 bridgehead atoms. The summed E-state index contributed by atoms with van der Waals surface area (Å²) in [6, 6.07) is 4.18. The van der Waals surface area contributed by atoms with E-state index in [9.17, 15) is 4.79 Å². The number of likely N-dealkylation sites (N-methyl/N-ethyl adjacent to an activating group) is 1. The molecule has 0 fully saturated rings. The average Bonchev–Trinajstić information content (AvgIpc) is 2.27. The molecule has 0 saturated heterocycles. The zero-order chi connectivity index (χ0) is 14.8. The lowest BCUT2D eigenvalue weighted by atomic mass is 9.94. The van der Waals surface area contributed by atoms with Crippen LogP contribution < -0.4 is 0 Å². The lowest BCUT2D eigenvalue weighted by molar-refractivity contribution is 0.0845. The van der Waals surface area contributed by atoms with Crippen molar-refractivity contribution < 1.29 is 4.79 Å². The fourth-order valence-corrected chi connectivity index (χ4v) is 2.40. The highest BCUT2D eigenvalue weighted by atomic mass is 16.1. The van der Waals surface area contributed by atoms with Crippen molar-refractivity contribution in [3.8, 4) is 0 Å². The molecule has 0 aromatic heterocycles. The third kappa shape index (κ3) is 3.66. The highest BCUT2D eigenvalue weighted by molar-refractivity contribution is 6.00. The smallest absolute Gasteiger partial charge is 0.177 e. The minimum atomic E-state index is 0.0577. The third-order valence-corrected chi connectivity index (χ3v) is 4.24. The van der Waals surface area contributed by atoms with Crippen molar-refractivity contribution in [2.75, 3.05) is 13.6 Å². The third-order valence-electron chi connectivity index (χ3n) is 4.24. The SMILES string of the molecule is CCC(C)(C)N(C)CC(=O)c1c(C)cc(C)cc1C. The average molecular weight is 261 g/mol. The van der Waals surface area contributed by atoms with Crippen molar-refractivity contribution in [3.63, 3.8) is 0 Å². The van der Waals surface area contributed by atoms with Crippen molar-refractivity contribution in [1.82, 2.24) is 4.90 Å².